The van der Waals surface area contributed by atoms with Crippen molar-refractivity contribution in [2.24, 2.45) is 5.41 Å². The Morgan fingerprint density at radius 2 is 1.57 bits per heavy atom. The molecular weight excluding hydrogens is 258 g/mol. The number of amides is 1. The van der Waals surface area contributed by atoms with Crippen LogP contribution in [0, 0.1) is 5.41 Å². The van der Waals surface area contributed by atoms with Crippen LogP contribution < -0.4 is 0 Å². The highest BCUT2D eigenvalue weighted by molar-refractivity contribution is 5.94. The van der Waals surface area contributed by atoms with E-state index in [1.54, 1.807) is 0 Å². The van der Waals surface area contributed by atoms with Gasteiger partial charge < -0.3 is 4.90 Å². The third kappa shape index (κ3) is 2.86. The number of carbonyl (C=O) groups excluding carboxylic acids is 1. The zero-order chi connectivity index (χ0) is 15.1. The molecule has 2 nitrogen and oxygen atoms in total. The minimum absolute atomic E-state index is 0.142. The van der Waals surface area contributed by atoms with Crippen molar-refractivity contribution in [3.63, 3.8) is 0 Å². The van der Waals surface area contributed by atoms with Crippen LogP contribution in [0.3, 0.4) is 0 Å². The fraction of sp³-hybridized carbons (Fsp3) is 0.632. The molecular formula is C19H27NO. The van der Waals surface area contributed by atoms with Gasteiger partial charge in [-0.25, -0.2) is 0 Å². The van der Waals surface area contributed by atoms with Crippen molar-refractivity contribution < 1.29 is 4.79 Å². The fourth-order valence-corrected chi connectivity index (χ4v) is 3.66. The SMILES string of the molecule is CC(C)(C)c1ccc(C(=O)N2CCC3(CCC3)CC2)cc1. The largest absolute Gasteiger partial charge is 0.339 e. The second-order valence-electron chi connectivity index (χ2n) is 7.97. The molecule has 1 aromatic rings. The Bertz CT molecular complexity index is 509. The van der Waals surface area contributed by atoms with Gasteiger partial charge in [0.1, 0.15) is 0 Å². The van der Waals surface area contributed by atoms with Crippen LogP contribution in [0.2, 0.25) is 0 Å². The molecule has 0 N–H and O–H groups in total. The summed E-state index contributed by atoms with van der Waals surface area (Å²) in [6.07, 6.45) is 6.57. The molecule has 1 amide bonds. The summed E-state index contributed by atoms with van der Waals surface area (Å²) in [4.78, 5) is 14.7. The molecule has 2 fully saturated rings. The third-order valence-corrected chi connectivity index (χ3v) is 5.52. The maximum Gasteiger partial charge on any atom is 0.253 e. The highest BCUT2D eigenvalue weighted by Crippen LogP contribution is 2.48. The van der Waals surface area contributed by atoms with Crippen LogP contribution in [0.15, 0.2) is 24.3 Å². The highest BCUT2D eigenvalue weighted by Gasteiger charge is 2.40. The average Bonchev–Trinajstić information content (AvgIpc) is 2.44. The molecule has 1 saturated carbocycles. The molecule has 0 unspecified atom stereocenters. The summed E-state index contributed by atoms with van der Waals surface area (Å²) < 4.78 is 0. The Kier molecular flexibility index (Phi) is 3.59. The lowest BCUT2D eigenvalue weighted by molar-refractivity contribution is 0.0286. The highest BCUT2D eigenvalue weighted by atomic mass is 16.2. The van der Waals surface area contributed by atoms with E-state index in [0.717, 1.165) is 18.7 Å². The second kappa shape index (κ2) is 5.15. The maximum absolute atomic E-state index is 12.6. The van der Waals surface area contributed by atoms with Crippen molar-refractivity contribution in [3.8, 4) is 0 Å². The molecule has 3 rings (SSSR count). The summed E-state index contributed by atoms with van der Waals surface area (Å²) in [6.45, 7) is 8.49. The molecule has 1 spiro atoms. The van der Waals surface area contributed by atoms with Gasteiger partial charge in [-0.15, -0.1) is 0 Å². The quantitative estimate of drug-likeness (QED) is 0.749. The Labute approximate surface area is 128 Å². The number of piperidine rings is 1. The number of likely N-dealkylation sites (tertiary alicyclic amines) is 1. The van der Waals surface area contributed by atoms with E-state index in [-0.39, 0.29) is 11.3 Å². The van der Waals surface area contributed by atoms with E-state index in [9.17, 15) is 4.79 Å². The topological polar surface area (TPSA) is 20.3 Å². The number of benzene rings is 1. The van der Waals surface area contributed by atoms with E-state index in [0.29, 0.717) is 5.41 Å². The molecule has 0 radical (unpaired) electrons. The van der Waals surface area contributed by atoms with E-state index in [4.69, 9.17) is 0 Å². The van der Waals surface area contributed by atoms with E-state index in [2.05, 4.69) is 37.8 Å². The third-order valence-electron chi connectivity index (χ3n) is 5.52. The molecule has 1 heterocycles. The van der Waals surface area contributed by atoms with E-state index in [1.165, 1.54) is 37.7 Å². The van der Waals surface area contributed by atoms with Gasteiger partial charge in [0.2, 0.25) is 0 Å². The zero-order valence-corrected chi connectivity index (χ0v) is 13.6. The molecule has 1 aliphatic heterocycles. The first-order valence-electron chi connectivity index (χ1n) is 8.30. The van der Waals surface area contributed by atoms with Crippen LogP contribution >= 0.6 is 0 Å². The van der Waals surface area contributed by atoms with Gasteiger partial charge in [-0.1, -0.05) is 39.3 Å². The molecule has 2 aliphatic rings. The molecule has 2 heteroatoms. The van der Waals surface area contributed by atoms with Crippen molar-refractivity contribution in [2.75, 3.05) is 13.1 Å². The first-order chi connectivity index (χ1) is 9.90. The fourth-order valence-electron chi connectivity index (χ4n) is 3.66. The summed E-state index contributed by atoms with van der Waals surface area (Å²) in [5.41, 5.74) is 2.87. The molecule has 21 heavy (non-hydrogen) atoms. The number of carbonyl (C=O) groups is 1. The van der Waals surface area contributed by atoms with Gasteiger partial charge in [-0.05, 0) is 54.2 Å². The predicted molar refractivity (Wildman–Crippen MR) is 86.6 cm³/mol. The average molecular weight is 285 g/mol. The lowest BCUT2D eigenvalue weighted by Gasteiger charge is -2.48. The predicted octanol–water partition coefficient (Wildman–Crippen LogP) is 4.39. The molecule has 0 aromatic heterocycles. The molecule has 1 saturated heterocycles. The van der Waals surface area contributed by atoms with Crippen molar-refractivity contribution in [1.29, 1.82) is 0 Å². The molecule has 1 aliphatic carbocycles. The van der Waals surface area contributed by atoms with Crippen LogP contribution in [0.25, 0.3) is 0 Å². The molecule has 1 aromatic carbocycles. The van der Waals surface area contributed by atoms with Crippen LogP contribution in [-0.2, 0) is 5.41 Å². The first kappa shape index (κ1) is 14.6. The van der Waals surface area contributed by atoms with Gasteiger partial charge in [0, 0.05) is 18.7 Å². The monoisotopic (exact) mass is 285 g/mol. The van der Waals surface area contributed by atoms with Crippen molar-refractivity contribution >= 4 is 5.91 Å². The zero-order valence-electron chi connectivity index (χ0n) is 13.6. The summed E-state index contributed by atoms with van der Waals surface area (Å²) in [5, 5.41) is 0. The van der Waals surface area contributed by atoms with Crippen LogP contribution in [0.1, 0.15) is 68.8 Å². The number of hydrogen-bond acceptors (Lipinski definition) is 1. The summed E-state index contributed by atoms with van der Waals surface area (Å²) in [7, 11) is 0. The van der Waals surface area contributed by atoms with Crippen molar-refractivity contribution in [2.45, 2.75) is 58.3 Å². The number of rotatable bonds is 1. The van der Waals surface area contributed by atoms with E-state index >= 15 is 0 Å². The van der Waals surface area contributed by atoms with Gasteiger partial charge >= 0.3 is 0 Å². The molecule has 0 atom stereocenters. The standard InChI is InChI=1S/C19H27NO/c1-18(2,3)16-7-5-15(6-8-16)17(21)20-13-11-19(12-14-20)9-4-10-19/h5-8H,4,9-14H2,1-3H3. The van der Waals surface area contributed by atoms with Gasteiger partial charge in [-0.3, -0.25) is 4.79 Å². The van der Waals surface area contributed by atoms with Crippen molar-refractivity contribution in [1.82, 2.24) is 4.90 Å². The van der Waals surface area contributed by atoms with E-state index in [1.807, 2.05) is 12.1 Å². The number of hydrogen-bond donors (Lipinski definition) is 0. The normalized spacial score (nSPS) is 21.2. The Hall–Kier alpha value is -1.31. The van der Waals surface area contributed by atoms with Gasteiger partial charge in [0.15, 0.2) is 0 Å². The molecule has 114 valence electrons. The van der Waals surface area contributed by atoms with Gasteiger partial charge in [0.25, 0.3) is 5.91 Å². The Morgan fingerprint density at radius 1 is 1.00 bits per heavy atom. The lowest BCUT2D eigenvalue weighted by atomic mass is 9.63. The lowest BCUT2D eigenvalue weighted by Crippen LogP contribution is -2.45. The smallest absolute Gasteiger partial charge is 0.253 e. The molecule has 0 bridgehead atoms. The Balaban J connectivity index is 1.65. The summed E-state index contributed by atoms with van der Waals surface area (Å²) in [6, 6.07) is 8.20. The minimum Gasteiger partial charge on any atom is -0.339 e. The second-order valence-corrected chi connectivity index (χ2v) is 7.97. The van der Waals surface area contributed by atoms with Crippen LogP contribution in [-0.4, -0.2) is 23.9 Å². The maximum atomic E-state index is 12.6. The Morgan fingerprint density at radius 3 is 2.00 bits per heavy atom. The van der Waals surface area contributed by atoms with E-state index < -0.39 is 0 Å². The van der Waals surface area contributed by atoms with Crippen molar-refractivity contribution in [3.05, 3.63) is 35.4 Å². The van der Waals surface area contributed by atoms with Gasteiger partial charge in [-0.2, -0.15) is 0 Å². The van der Waals surface area contributed by atoms with Gasteiger partial charge in [0.05, 0.1) is 0 Å². The summed E-state index contributed by atoms with van der Waals surface area (Å²) in [5.74, 6) is 0.213. The van der Waals surface area contributed by atoms with Crippen LogP contribution in [0.5, 0.6) is 0 Å². The summed E-state index contributed by atoms with van der Waals surface area (Å²) >= 11 is 0. The number of nitrogens with zero attached hydrogens (tertiary/aromatic N) is 1. The van der Waals surface area contributed by atoms with Crippen LogP contribution in [0.4, 0.5) is 0 Å². The first-order valence-corrected chi connectivity index (χ1v) is 8.30. The minimum atomic E-state index is 0.142.